The highest BCUT2D eigenvalue weighted by molar-refractivity contribution is 5.96. The van der Waals surface area contributed by atoms with E-state index < -0.39 is 5.97 Å². The van der Waals surface area contributed by atoms with E-state index in [9.17, 15) is 9.59 Å². The highest BCUT2D eigenvalue weighted by Gasteiger charge is 2.15. The highest BCUT2D eigenvalue weighted by atomic mass is 16.5. The summed E-state index contributed by atoms with van der Waals surface area (Å²) in [6.45, 7) is 8.17. The van der Waals surface area contributed by atoms with Crippen LogP contribution < -0.4 is 15.4 Å². The van der Waals surface area contributed by atoms with Gasteiger partial charge in [0, 0.05) is 35.8 Å². The number of aromatic nitrogens is 2. The van der Waals surface area contributed by atoms with E-state index in [1.54, 1.807) is 24.5 Å². The lowest BCUT2D eigenvalue weighted by molar-refractivity contribution is -0.142. The molecule has 1 aliphatic rings. The first-order chi connectivity index (χ1) is 20.5. The van der Waals surface area contributed by atoms with Crippen molar-refractivity contribution in [1.82, 2.24) is 20.2 Å². The molecule has 0 atom stereocenters. The van der Waals surface area contributed by atoms with E-state index in [0.717, 1.165) is 48.6 Å². The molecule has 3 aromatic rings. The number of benzene rings is 2. The number of nitrogens with zero attached hydrogens (tertiary/aromatic N) is 3. The van der Waals surface area contributed by atoms with Crippen LogP contribution >= 0.6 is 0 Å². The minimum Gasteiger partial charge on any atom is -0.492 e. The third-order valence-electron chi connectivity index (χ3n) is 7.72. The molecule has 1 aromatic heterocycles. The van der Waals surface area contributed by atoms with Crippen LogP contribution in [0.3, 0.4) is 0 Å². The maximum absolute atomic E-state index is 12.5. The fourth-order valence-electron chi connectivity index (χ4n) is 5.07. The molecule has 42 heavy (non-hydrogen) atoms. The van der Waals surface area contributed by atoms with E-state index in [4.69, 9.17) is 9.47 Å². The van der Waals surface area contributed by atoms with Crippen molar-refractivity contribution < 1.29 is 19.1 Å². The molecule has 1 amide bonds. The molecule has 9 nitrogen and oxygen atoms in total. The first-order valence-corrected chi connectivity index (χ1v) is 15.1. The molecule has 2 aromatic carbocycles. The SMILES string of the molecule is CCN(CC)CCOc1ccc(Nc2ncc(-c3ccc(C(=O)NCC(=O)OCCC4CCCCC4)cc3)cn2)cc1. The van der Waals surface area contributed by atoms with E-state index in [2.05, 4.69) is 39.3 Å². The number of hydrogen-bond donors (Lipinski definition) is 2. The second-order valence-corrected chi connectivity index (χ2v) is 10.6. The van der Waals surface area contributed by atoms with Crippen LogP contribution in [0.5, 0.6) is 5.75 Å². The summed E-state index contributed by atoms with van der Waals surface area (Å²) < 4.78 is 11.2. The van der Waals surface area contributed by atoms with Crippen molar-refractivity contribution in [2.45, 2.75) is 52.4 Å². The zero-order valence-electron chi connectivity index (χ0n) is 24.8. The maximum Gasteiger partial charge on any atom is 0.325 e. The number of esters is 1. The standard InChI is InChI=1S/C33H43N5O4/c1-3-38(4-2)19-21-41-30-16-14-29(15-17-30)37-33-35-22-28(23-36-33)26-10-12-27(13-11-26)32(40)34-24-31(39)42-20-18-25-8-6-5-7-9-25/h10-17,22-23,25H,3-9,18-21,24H2,1-2H3,(H,34,40)(H,35,36,37). The third-order valence-corrected chi connectivity index (χ3v) is 7.72. The van der Waals surface area contributed by atoms with Crippen LogP contribution in [0.25, 0.3) is 11.1 Å². The molecule has 0 bridgehead atoms. The van der Waals surface area contributed by atoms with Crippen LogP contribution in [0, 0.1) is 5.92 Å². The molecule has 224 valence electrons. The quantitative estimate of drug-likeness (QED) is 0.218. The number of hydrogen-bond acceptors (Lipinski definition) is 8. The number of likely N-dealkylation sites (N-methyl/N-ethyl adjacent to an activating group) is 1. The summed E-state index contributed by atoms with van der Waals surface area (Å²) >= 11 is 0. The monoisotopic (exact) mass is 573 g/mol. The van der Waals surface area contributed by atoms with Crippen LogP contribution in [0.1, 0.15) is 62.7 Å². The number of nitrogens with one attached hydrogen (secondary N) is 2. The Hall–Kier alpha value is -3.98. The van der Waals surface area contributed by atoms with Crippen molar-refractivity contribution in [2.24, 2.45) is 5.92 Å². The van der Waals surface area contributed by atoms with Crippen LogP contribution in [0.15, 0.2) is 60.9 Å². The number of carbonyl (C=O) groups excluding carboxylic acids is 2. The van der Waals surface area contributed by atoms with Gasteiger partial charge < -0.3 is 25.0 Å². The fourth-order valence-corrected chi connectivity index (χ4v) is 5.07. The van der Waals surface area contributed by atoms with Crippen molar-refractivity contribution in [3.05, 3.63) is 66.5 Å². The first-order valence-electron chi connectivity index (χ1n) is 15.1. The minimum atomic E-state index is -0.406. The van der Waals surface area contributed by atoms with Crippen molar-refractivity contribution in [1.29, 1.82) is 0 Å². The molecule has 1 heterocycles. The van der Waals surface area contributed by atoms with Crippen LogP contribution in [-0.4, -0.2) is 66.1 Å². The van der Waals surface area contributed by atoms with Gasteiger partial charge in [0.15, 0.2) is 0 Å². The first kappa shape index (κ1) is 31.0. The Bertz CT molecular complexity index is 1240. The Morgan fingerprint density at radius 3 is 2.24 bits per heavy atom. The van der Waals surface area contributed by atoms with Gasteiger partial charge in [-0.05, 0) is 67.4 Å². The van der Waals surface area contributed by atoms with Crippen LogP contribution in [0.4, 0.5) is 11.6 Å². The molecular formula is C33H43N5O4. The molecule has 1 fully saturated rings. The molecule has 0 spiro atoms. The molecule has 0 saturated heterocycles. The zero-order valence-corrected chi connectivity index (χ0v) is 24.8. The average molecular weight is 574 g/mol. The minimum absolute atomic E-state index is 0.139. The molecule has 4 rings (SSSR count). The predicted molar refractivity (Wildman–Crippen MR) is 165 cm³/mol. The highest BCUT2D eigenvalue weighted by Crippen LogP contribution is 2.26. The number of carbonyl (C=O) groups is 2. The smallest absolute Gasteiger partial charge is 0.325 e. The van der Waals surface area contributed by atoms with E-state index >= 15 is 0 Å². The van der Waals surface area contributed by atoms with Gasteiger partial charge in [0.25, 0.3) is 5.91 Å². The van der Waals surface area contributed by atoms with Gasteiger partial charge in [0.2, 0.25) is 5.95 Å². The molecule has 1 aliphatic carbocycles. The lowest BCUT2D eigenvalue weighted by atomic mass is 9.87. The Kier molecular flexibility index (Phi) is 12.1. The maximum atomic E-state index is 12.5. The van der Waals surface area contributed by atoms with E-state index in [-0.39, 0.29) is 12.5 Å². The van der Waals surface area contributed by atoms with Gasteiger partial charge in [-0.15, -0.1) is 0 Å². The summed E-state index contributed by atoms with van der Waals surface area (Å²) in [6, 6.07) is 14.8. The Balaban J connectivity index is 1.19. The summed E-state index contributed by atoms with van der Waals surface area (Å²) in [7, 11) is 0. The van der Waals surface area contributed by atoms with E-state index in [1.807, 2.05) is 36.4 Å². The Morgan fingerprint density at radius 1 is 0.881 bits per heavy atom. The van der Waals surface area contributed by atoms with Gasteiger partial charge in [0.1, 0.15) is 18.9 Å². The molecule has 0 unspecified atom stereocenters. The second kappa shape index (κ2) is 16.5. The van der Waals surface area contributed by atoms with Gasteiger partial charge >= 0.3 is 5.97 Å². The molecule has 9 heteroatoms. The molecule has 1 saturated carbocycles. The lowest BCUT2D eigenvalue weighted by Gasteiger charge is -2.21. The summed E-state index contributed by atoms with van der Waals surface area (Å²) in [5.41, 5.74) is 3.04. The van der Waals surface area contributed by atoms with Crippen molar-refractivity contribution >= 4 is 23.5 Å². The van der Waals surface area contributed by atoms with Gasteiger partial charge in [-0.2, -0.15) is 0 Å². The summed E-state index contributed by atoms with van der Waals surface area (Å²) in [5.74, 6) is 1.24. The van der Waals surface area contributed by atoms with Gasteiger partial charge in [-0.1, -0.05) is 58.1 Å². The number of anilines is 2. The van der Waals surface area contributed by atoms with E-state index in [1.165, 1.54) is 32.1 Å². The zero-order chi connectivity index (χ0) is 29.6. The number of amides is 1. The Morgan fingerprint density at radius 2 is 1.57 bits per heavy atom. The third kappa shape index (κ3) is 9.83. The largest absolute Gasteiger partial charge is 0.492 e. The van der Waals surface area contributed by atoms with Gasteiger partial charge in [0.05, 0.1) is 6.61 Å². The predicted octanol–water partition coefficient (Wildman–Crippen LogP) is 5.85. The second-order valence-electron chi connectivity index (χ2n) is 10.6. The molecular weight excluding hydrogens is 530 g/mol. The fraction of sp³-hybridized carbons (Fsp3) is 0.455. The molecule has 0 aliphatic heterocycles. The molecule has 2 N–H and O–H groups in total. The summed E-state index contributed by atoms with van der Waals surface area (Å²) in [5, 5.41) is 5.85. The van der Waals surface area contributed by atoms with Crippen molar-refractivity contribution in [3.8, 4) is 16.9 Å². The van der Waals surface area contributed by atoms with Crippen LogP contribution in [-0.2, 0) is 9.53 Å². The number of ether oxygens (including phenoxy) is 2. The van der Waals surface area contributed by atoms with Gasteiger partial charge in [-0.25, -0.2) is 9.97 Å². The number of rotatable bonds is 15. The summed E-state index contributed by atoms with van der Waals surface area (Å²) in [4.78, 5) is 35.7. The van der Waals surface area contributed by atoms with Crippen LogP contribution in [0.2, 0.25) is 0 Å². The lowest BCUT2D eigenvalue weighted by Crippen LogP contribution is -2.31. The average Bonchev–Trinajstić information content (AvgIpc) is 3.04. The topological polar surface area (TPSA) is 106 Å². The van der Waals surface area contributed by atoms with Crippen molar-refractivity contribution in [2.75, 3.05) is 44.7 Å². The molecule has 0 radical (unpaired) electrons. The summed E-state index contributed by atoms with van der Waals surface area (Å²) in [6.07, 6.45) is 10.7. The Labute approximate surface area is 249 Å². The normalized spacial score (nSPS) is 13.5. The van der Waals surface area contributed by atoms with Crippen molar-refractivity contribution in [3.63, 3.8) is 0 Å². The van der Waals surface area contributed by atoms with E-state index in [0.29, 0.717) is 30.6 Å². The van der Waals surface area contributed by atoms with Gasteiger partial charge in [-0.3, -0.25) is 9.59 Å².